The number of rotatable bonds is 2. The van der Waals surface area contributed by atoms with Crippen LogP contribution in [-0.4, -0.2) is 33.5 Å². The van der Waals surface area contributed by atoms with Crippen molar-refractivity contribution in [2.75, 3.05) is 6.61 Å². The topological polar surface area (TPSA) is 84.3 Å². The fourth-order valence-electron chi connectivity index (χ4n) is 1.70. The Hall–Kier alpha value is -1.18. The minimum Gasteiger partial charge on any atom is -0.394 e. The molecule has 0 aliphatic carbocycles. The molecule has 17 heavy (non-hydrogen) atoms. The van der Waals surface area contributed by atoms with Gasteiger partial charge in [0.1, 0.15) is 23.5 Å². The molecule has 1 aromatic heterocycles. The number of H-pyrrole nitrogens is 1. The number of aliphatic hydroxyl groups is 1. The molecule has 1 aliphatic rings. The highest BCUT2D eigenvalue weighted by Gasteiger charge is 2.36. The van der Waals surface area contributed by atoms with Crippen LogP contribution in [0.2, 0.25) is 5.02 Å². The van der Waals surface area contributed by atoms with Gasteiger partial charge in [0.05, 0.1) is 6.61 Å². The van der Waals surface area contributed by atoms with Crippen LogP contribution in [0.15, 0.2) is 15.8 Å². The van der Waals surface area contributed by atoms with E-state index in [1.165, 1.54) is 0 Å². The fourth-order valence-corrected chi connectivity index (χ4v) is 1.85. The summed E-state index contributed by atoms with van der Waals surface area (Å²) in [6.45, 7) is -0.469. The molecule has 0 amide bonds. The summed E-state index contributed by atoms with van der Waals surface area (Å²) in [6.07, 6.45) is -2.17. The molecule has 8 heteroatoms. The Balaban J connectivity index is 2.34. The highest BCUT2D eigenvalue weighted by atomic mass is 35.5. The average molecular weight is 265 g/mol. The minimum absolute atomic E-state index is 0.0759. The lowest BCUT2D eigenvalue weighted by Gasteiger charge is -2.14. The summed E-state index contributed by atoms with van der Waals surface area (Å²) in [7, 11) is 0. The third-order valence-corrected chi connectivity index (χ3v) is 2.85. The Morgan fingerprint density at radius 1 is 1.65 bits per heavy atom. The van der Waals surface area contributed by atoms with Gasteiger partial charge in [0, 0.05) is 12.6 Å². The van der Waals surface area contributed by atoms with Gasteiger partial charge in [-0.3, -0.25) is 14.3 Å². The van der Waals surface area contributed by atoms with Gasteiger partial charge in [-0.25, -0.2) is 9.18 Å². The summed E-state index contributed by atoms with van der Waals surface area (Å²) in [6, 6.07) is 0. The number of nitrogens with one attached hydrogen (secondary N) is 1. The molecule has 1 unspecified atom stereocenters. The Bertz CT molecular complexity index is 528. The number of ether oxygens (including phenoxy) is 1. The molecule has 0 bridgehead atoms. The molecule has 2 N–H and O–H groups in total. The first-order chi connectivity index (χ1) is 8.02. The van der Waals surface area contributed by atoms with Crippen molar-refractivity contribution in [3.63, 3.8) is 0 Å². The lowest BCUT2D eigenvalue weighted by molar-refractivity contribution is -0.0356. The third-order valence-electron chi connectivity index (χ3n) is 2.58. The maximum atomic E-state index is 13.3. The van der Waals surface area contributed by atoms with Crippen molar-refractivity contribution in [2.24, 2.45) is 0 Å². The lowest BCUT2D eigenvalue weighted by atomic mass is 10.2. The molecule has 94 valence electrons. The number of aromatic nitrogens is 2. The minimum atomic E-state index is -1.36. The molecule has 0 aromatic carbocycles. The van der Waals surface area contributed by atoms with Gasteiger partial charge in [-0.1, -0.05) is 11.6 Å². The molecule has 0 spiro atoms. The van der Waals surface area contributed by atoms with Crippen molar-refractivity contribution in [1.82, 2.24) is 9.55 Å². The Kier molecular flexibility index (Phi) is 3.32. The van der Waals surface area contributed by atoms with Crippen molar-refractivity contribution in [3.05, 3.63) is 32.1 Å². The molecular formula is C9H10ClFN2O4. The molecule has 6 nitrogen and oxygen atoms in total. The molecule has 2 heterocycles. The highest BCUT2D eigenvalue weighted by molar-refractivity contribution is 6.30. The summed E-state index contributed by atoms with van der Waals surface area (Å²) in [5.41, 5.74) is -1.43. The van der Waals surface area contributed by atoms with Crippen molar-refractivity contribution < 1.29 is 14.2 Å². The van der Waals surface area contributed by atoms with Crippen molar-refractivity contribution in [1.29, 1.82) is 0 Å². The molecule has 2 rings (SSSR count). The zero-order chi connectivity index (χ0) is 12.6. The van der Waals surface area contributed by atoms with Gasteiger partial charge in [0.15, 0.2) is 0 Å². The zero-order valence-corrected chi connectivity index (χ0v) is 9.35. The van der Waals surface area contributed by atoms with E-state index in [0.29, 0.717) is 0 Å². The number of alkyl halides is 1. The zero-order valence-electron chi connectivity index (χ0n) is 8.60. The number of hydrogen-bond acceptors (Lipinski definition) is 4. The fraction of sp³-hybridized carbons (Fsp3) is 0.556. The van der Waals surface area contributed by atoms with E-state index in [2.05, 4.69) is 0 Å². The monoisotopic (exact) mass is 264 g/mol. The Morgan fingerprint density at radius 3 is 2.94 bits per heavy atom. The highest BCUT2D eigenvalue weighted by Crippen LogP contribution is 2.29. The van der Waals surface area contributed by atoms with E-state index in [9.17, 15) is 14.0 Å². The Labute approximate surface area is 99.6 Å². The largest absolute Gasteiger partial charge is 0.394 e. The van der Waals surface area contributed by atoms with Crippen LogP contribution in [-0.2, 0) is 4.74 Å². The van der Waals surface area contributed by atoms with E-state index >= 15 is 0 Å². The molecule has 3 atom stereocenters. The second kappa shape index (κ2) is 4.59. The van der Waals surface area contributed by atoms with Gasteiger partial charge in [0.25, 0.3) is 5.56 Å². The van der Waals surface area contributed by atoms with Gasteiger partial charge in [-0.15, -0.1) is 0 Å². The van der Waals surface area contributed by atoms with Crippen LogP contribution in [0.4, 0.5) is 4.39 Å². The summed E-state index contributed by atoms with van der Waals surface area (Å²) >= 11 is 5.57. The average Bonchev–Trinajstić information content (AvgIpc) is 2.65. The number of aromatic amines is 1. The van der Waals surface area contributed by atoms with E-state index in [1.54, 1.807) is 0 Å². The molecule has 1 saturated heterocycles. The van der Waals surface area contributed by atoms with E-state index in [-0.39, 0.29) is 11.4 Å². The van der Waals surface area contributed by atoms with Crippen LogP contribution in [0.3, 0.4) is 0 Å². The summed E-state index contributed by atoms with van der Waals surface area (Å²) in [5.74, 6) is 0. The third kappa shape index (κ3) is 2.26. The van der Waals surface area contributed by atoms with Crippen molar-refractivity contribution in [3.8, 4) is 0 Å². The summed E-state index contributed by atoms with van der Waals surface area (Å²) < 4.78 is 19.5. The van der Waals surface area contributed by atoms with Crippen LogP contribution < -0.4 is 11.2 Å². The summed E-state index contributed by atoms with van der Waals surface area (Å²) in [4.78, 5) is 24.5. The van der Waals surface area contributed by atoms with Crippen molar-refractivity contribution >= 4 is 11.6 Å². The van der Waals surface area contributed by atoms with Crippen LogP contribution >= 0.6 is 11.6 Å². The number of nitrogens with zero attached hydrogens (tertiary/aromatic N) is 1. The predicted octanol–water partition coefficient (Wildman–Crippen LogP) is -0.192. The smallest absolute Gasteiger partial charge is 0.330 e. The Morgan fingerprint density at radius 2 is 2.35 bits per heavy atom. The maximum absolute atomic E-state index is 13.3. The van der Waals surface area contributed by atoms with E-state index in [0.717, 1.165) is 10.8 Å². The van der Waals surface area contributed by atoms with Gasteiger partial charge >= 0.3 is 5.69 Å². The standard InChI is InChI=1S/C9H10ClFN2O4/c10-4-2-13(9(16)12-8(4)15)7-1-5(11)6(3-14)17-7/h2,5-7,14H,1,3H2,(H,12,15,16)/t5?,6-,7-/m0/s1. The first kappa shape index (κ1) is 12.3. The lowest BCUT2D eigenvalue weighted by Crippen LogP contribution is -2.32. The van der Waals surface area contributed by atoms with Gasteiger partial charge in [-0.2, -0.15) is 0 Å². The molecule has 1 aliphatic heterocycles. The van der Waals surface area contributed by atoms with Crippen LogP contribution in [0.5, 0.6) is 0 Å². The molecule has 1 aromatic rings. The second-order valence-electron chi connectivity index (χ2n) is 3.71. The first-order valence-corrected chi connectivity index (χ1v) is 5.32. The van der Waals surface area contributed by atoms with Crippen molar-refractivity contribution in [2.45, 2.75) is 24.9 Å². The van der Waals surface area contributed by atoms with Gasteiger partial charge in [0.2, 0.25) is 0 Å². The normalized spacial score (nSPS) is 28.5. The van der Waals surface area contributed by atoms with E-state index in [4.69, 9.17) is 21.4 Å². The molecular weight excluding hydrogens is 255 g/mol. The predicted molar refractivity (Wildman–Crippen MR) is 56.8 cm³/mol. The van der Waals surface area contributed by atoms with Crippen LogP contribution in [0, 0.1) is 0 Å². The number of halogens is 2. The maximum Gasteiger partial charge on any atom is 0.330 e. The van der Waals surface area contributed by atoms with E-state index < -0.39 is 36.4 Å². The van der Waals surface area contributed by atoms with E-state index in [1.807, 2.05) is 4.98 Å². The van der Waals surface area contributed by atoms with Crippen LogP contribution in [0.25, 0.3) is 0 Å². The quantitative estimate of drug-likeness (QED) is 0.775. The van der Waals surface area contributed by atoms with Crippen LogP contribution in [0.1, 0.15) is 12.6 Å². The number of hydrogen-bond donors (Lipinski definition) is 2. The van der Waals surface area contributed by atoms with Gasteiger partial charge < -0.3 is 9.84 Å². The first-order valence-electron chi connectivity index (χ1n) is 4.94. The number of aliphatic hydroxyl groups excluding tert-OH is 1. The molecule has 0 saturated carbocycles. The molecule has 1 fully saturated rings. The SMILES string of the molecule is O=c1[nH]c(=O)n([C@@H]2CC(F)[C@H](CO)O2)cc1Cl. The molecule has 0 radical (unpaired) electrons. The summed E-state index contributed by atoms with van der Waals surface area (Å²) in [5, 5.41) is 8.65. The second-order valence-corrected chi connectivity index (χ2v) is 4.11. The van der Waals surface area contributed by atoms with Gasteiger partial charge in [-0.05, 0) is 0 Å².